The summed E-state index contributed by atoms with van der Waals surface area (Å²) in [7, 11) is 1.78. The van der Waals surface area contributed by atoms with Crippen molar-refractivity contribution in [3.05, 3.63) is 42.2 Å². The normalized spacial score (nSPS) is 25.1. The molecule has 0 unspecified atom stereocenters. The molecule has 2 aliphatic heterocycles. The molecule has 28 heavy (non-hydrogen) atoms. The fourth-order valence-electron chi connectivity index (χ4n) is 4.53. The molecule has 2 saturated heterocycles. The van der Waals surface area contributed by atoms with Crippen LogP contribution in [-0.4, -0.2) is 74.8 Å². The third kappa shape index (κ3) is 3.79. The van der Waals surface area contributed by atoms with Crippen LogP contribution in [0.25, 0.3) is 0 Å². The lowest BCUT2D eigenvalue weighted by molar-refractivity contribution is 0.0493. The average Bonchev–Trinajstić information content (AvgIpc) is 3.42. The molecule has 1 amide bonds. The lowest BCUT2D eigenvalue weighted by atomic mass is 9.77. The van der Waals surface area contributed by atoms with E-state index < -0.39 is 0 Å². The fraction of sp³-hybridized carbons (Fsp3) is 0.600. The molecule has 0 aromatic carbocycles. The van der Waals surface area contributed by atoms with Gasteiger partial charge in [0.2, 0.25) is 5.82 Å². The van der Waals surface area contributed by atoms with Crippen LogP contribution >= 0.6 is 0 Å². The van der Waals surface area contributed by atoms with Crippen molar-refractivity contribution < 1.29 is 9.53 Å². The molecule has 8 heteroatoms. The number of carbonyl (C=O) groups is 1. The monoisotopic (exact) mass is 384 g/mol. The summed E-state index contributed by atoms with van der Waals surface area (Å²) in [6.07, 6.45) is 6.19. The standard InChI is InChI=1S/C20H28N6O2/c1-3-25-10-17(12-28-11-16-5-4-7-21-9-16)20(13-25)6-8-26(14-20)19(27)18-22-15-24(2)23-18/h4-5,7,9,15,17H,3,6,8,10-14H2,1-2H3/t17-,20+/m0/s1. The molecule has 2 aromatic heterocycles. The van der Waals surface area contributed by atoms with E-state index in [1.54, 1.807) is 24.3 Å². The predicted octanol–water partition coefficient (Wildman–Crippen LogP) is 1.21. The van der Waals surface area contributed by atoms with E-state index in [9.17, 15) is 4.79 Å². The van der Waals surface area contributed by atoms with E-state index in [1.807, 2.05) is 23.2 Å². The zero-order valence-corrected chi connectivity index (χ0v) is 16.6. The first kappa shape index (κ1) is 19.0. The summed E-state index contributed by atoms with van der Waals surface area (Å²) in [4.78, 5) is 25.5. The second kappa shape index (κ2) is 7.97. The molecule has 4 rings (SSSR count). The minimum atomic E-state index is -0.0672. The molecule has 2 atom stereocenters. The second-order valence-corrected chi connectivity index (χ2v) is 7.98. The number of likely N-dealkylation sites (tertiary alicyclic amines) is 2. The van der Waals surface area contributed by atoms with Crippen LogP contribution in [0.3, 0.4) is 0 Å². The summed E-state index contributed by atoms with van der Waals surface area (Å²) >= 11 is 0. The van der Waals surface area contributed by atoms with Crippen LogP contribution < -0.4 is 0 Å². The largest absolute Gasteiger partial charge is 0.376 e. The fourth-order valence-corrected chi connectivity index (χ4v) is 4.53. The molecule has 150 valence electrons. The zero-order valence-electron chi connectivity index (χ0n) is 16.6. The number of carbonyl (C=O) groups excluding carboxylic acids is 1. The highest BCUT2D eigenvalue weighted by Crippen LogP contribution is 2.44. The quantitative estimate of drug-likeness (QED) is 0.745. The van der Waals surface area contributed by atoms with E-state index in [-0.39, 0.29) is 17.1 Å². The molecule has 0 bridgehead atoms. The van der Waals surface area contributed by atoms with Gasteiger partial charge in [-0.25, -0.2) is 4.98 Å². The number of nitrogens with zero attached hydrogens (tertiary/aromatic N) is 6. The van der Waals surface area contributed by atoms with Crippen molar-refractivity contribution in [3.63, 3.8) is 0 Å². The Balaban J connectivity index is 1.41. The zero-order chi connectivity index (χ0) is 19.6. The Bertz CT molecular complexity index is 810. The predicted molar refractivity (Wildman–Crippen MR) is 103 cm³/mol. The van der Waals surface area contributed by atoms with Crippen molar-refractivity contribution in [2.75, 3.05) is 39.3 Å². The Morgan fingerprint density at radius 1 is 1.39 bits per heavy atom. The van der Waals surface area contributed by atoms with Gasteiger partial charge in [-0.2, -0.15) is 0 Å². The molecular formula is C20H28N6O2. The molecular weight excluding hydrogens is 356 g/mol. The summed E-state index contributed by atoms with van der Waals surface area (Å²) in [5.41, 5.74) is 1.18. The van der Waals surface area contributed by atoms with Gasteiger partial charge in [-0.15, -0.1) is 5.10 Å². The Morgan fingerprint density at radius 3 is 3.00 bits per heavy atom. The maximum absolute atomic E-state index is 12.8. The van der Waals surface area contributed by atoms with Crippen molar-refractivity contribution in [2.45, 2.75) is 20.0 Å². The Kier molecular flexibility index (Phi) is 5.41. The van der Waals surface area contributed by atoms with Gasteiger partial charge >= 0.3 is 0 Å². The molecule has 0 aliphatic carbocycles. The van der Waals surface area contributed by atoms with Crippen LogP contribution in [0.2, 0.25) is 0 Å². The second-order valence-electron chi connectivity index (χ2n) is 7.98. The van der Waals surface area contributed by atoms with Crippen LogP contribution in [-0.2, 0) is 18.4 Å². The van der Waals surface area contributed by atoms with E-state index >= 15 is 0 Å². The van der Waals surface area contributed by atoms with Crippen LogP contribution in [0.15, 0.2) is 30.9 Å². The maximum atomic E-state index is 12.8. The number of hydrogen-bond donors (Lipinski definition) is 0. The summed E-state index contributed by atoms with van der Waals surface area (Å²) in [5.74, 6) is 0.635. The van der Waals surface area contributed by atoms with Crippen molar-refractivity contribution in [1.29, 1.82) is 0 Å². The van der Waals surface area contributed by atoms with Crippen molar-refractivity contribution in [3.8, 4) is 0 Å². The number of hydrogen-bond acceptors (Lipinski definition) is 6. The van der Waals surface area contributed by atoms with Crippen LogP contribution in [0.4, 0.5) is 0 Å². The SMILES string of the molecule is CCN1C[C@@H](COCc2cccnc2)[C@]2(CCN(C(=O)c3ncn(C)n3)C2)C1. The third-order valence-electron chi connectivity index (χ3n) is 6.10. The van der Waals surface area contributed by atoms with Crippen molar-refractivity contribution in [2.24, 2.45) is 18.4 Å². The van der Waals surface area contributed by atoms with E-state index in [1.165, 1.54) is 0 Å². The van der Waals surface area contributed by atoms with Crippen molar-refractivity contribution in [1.82, 2.24) is 29.5 Å². The van der Waals surface area contributed by atoms with Gasteiger partial charge in [0.05, 0.1) is 13.2 Å². The van der Waals surface area contributed by atoms with Crippen LogP contribution in [0.5, 0.6) is 0 Å². The first-order valence-electron chi connectivity index (χ1n) is 9.93. The van der Waals surface area contributed by atoms with Gasteiger partial charge in [0.25, 0.3) is 5.91 Å². The highest BCUT2D eigenvalue weighted by Gasteiger charge is 2.51. The number of ether oxygens (including phenoxy) is 1. The van der Waals surface area contributed by atoms with E-state index in [0.29, 0.717) is 19.1 Å². The maximum Gasteiger partial charge on any atom is 0.293 e. The van der Waals surface area contributed by atoms with E-state index in [0.717, 1.165) is 44.7 Å². The summed E-state index contributed by atoms with van der Waals surface area (Å²) < 4.78 is 7.64. The number of pyridine rings is 1. The number of aromatic nitrogens is 4. The van der Waals surface area contributed by atoms with Crippen molar-refractivity contribution >= 4 is 5.91 Å². The topological polar surface area (TPSA) is 76.4 Å². The average molecular weight is 384 g/mol. The van der Waals surface area contributed by atoms with Gasteiger partial charge in [0, 0.05) is 57.0 Å². The lowest BCUT2D eigenvalue weighted by Gasteiger charge is -2.30. The molecule has 0 N–H and O–H groups in total. The summed E-state index contributed by atoms with van der Waals surface area (Å²) in [6, 6.07) is 3.96. The Hall–Kier alpha value is -2.32. The Morgan fingerprint density at radius 2 is 2.29 bits per heavy atom. The van der Waals surface area contributed by atoms with Gasteiger partial charge in [0.1, 0.15) is 6.33 Å². The molecule has 4 heterocycles. The summed E-state index contributed by atoms with van der Waals surface area (Å²) in [5, 5.41) is 4.18. The van der Waals surface area contributed by atoms with E-state index in [2.05, 4.69) is 26.9 Å². The molecule has 1 spiro atoms. The lowest BCUT2D eigenvalue weighted by Crippen LogP contribution is -2.38. The van der Waals surface area contributed by atoms with Crippen LogP contribution in [0.1, 0.15) is 29.5 Å². The smallest absolute Gasteiger partial charge is 0.293 e. The Labute approximate surface area is 165 Å². The van der Waals surface area contributed by atoms with Gasteiger partial charge in [0.15, 0.2) is 0 Å². The van der Waals surface area contributed by atoms with Gasteiger partial charge in [-0.1, -0.05) is 13.0 Å². The molecule has 0 saturated carbocycles. The minimum Gasteiger partial charge on any atom is -0.376 e. The van der Waals surface area contributed by atoms with Gasteiger partial charge in [-0.05, 0) is 24.6 Å². The number of aryl methyl sites for hydroxylation is 1. The van der Waals surface area contributed by atoms with Crippen LogP contribution in [0, 0.1) is 11.3 Å². The molecule has 2 aliphatic rings. The third-order valence-corrected chi connectivity index (χ3v) is 6.10. The first-order chi connectivity index (χ1) is 13.6. The molecule has 8 nitrogen and oxygen atoms in total. The van der Waals surface area contributed by atoms with Gasteiger partial charge < -0.3 is 14.5 Å². The highest BCUT2D eigenvalue weighted by molar-refractivity contribution is 5.90. The number of rotatable bonds is 6. The highest BCUT2D eigenvalue weighted by atomic mass is 16.5. The van der Waals surface area contributed by atoms with Gasteiger partial charge in [-0.3, -0.25) is 14.5 Å². The molecule has 0 radical (unpaired) electrons. The molecule has 2 fully saturated rings. The van der Waals surface area contributed by atoms with E-state index in [4.69, 9.17) is 4.74 Å². The number of amides is 1. The molecule has 2 aromatic rings. The minimum absolute atomic E-state index is 0.0672. The first-order valence-corrected chi connectivity index (χ1v) is 9.93. The summed E-state index contributed by atoms with van der Waals surface area (Å²) in [6.45, 7) is 8.05.